The van der Waals surface area contributed by atoms with Gasteiger partial charge < -0.3 is 29.5 Å². The highest BCUT2D eigenvalue weighted by molar-refractivity contribution is 5.60. The first kappa shape index (κ1) is 26.9. The van der Waals surface area contributed by atoms with Crippen molar-refractivity contribution in [2.24, 2.45) is 0 Å². The second-order valence-electron chi connectivity index (χ2n) is 8.02. The number of allylic oxidation sites excluding steroid dienone is 2. The van der Waals surface area contributed by atoms with Crippen LogP contribution in [-0.4, -0.2) is 65.7 Å². The first-order chi connectivity index (χ1) is 14.6. The standard InChI is InChI=1S/C23H42O7/c1-2-3-4-5-6-7-8-9-10-11-12-13-14-15-16-28-23(27)30-20(17-24)22-21(26)19(25)18-29-22/h9-10,19-22,24-26H,2-8,11-18H2,1H3/t19-,20+,21+,22+/m0/s1. The number of hydrogen-bond acceptors (Lipinski definition) is 7. The molecule has 0 aromatic heterocycles. The molecular formula is C23H42O7. The number of carbonyl (C=O) groups is 1. The summed E-state index contributed by atoms with van der Waals surface area (Å²) in [6.07, 6.45) is 13.6. The van der Waals surface area contributed by atoms with Crippen molar-refractivity contribution in [3.63, 3.8) is 0 Å². The van der Waals surface area contributed by atoms with Gasteiger partial charge in [-0.2, -0.15) is 0 Å². The molecule has 1 rings (SSSR count). The van der Waals surface area contributed by atoms with E-state index in [2.05, 4.69) is 19.1 Å². The fourth-order valence-electron chi connectivity index (χ4n) is 3.47. The summed E-state index contributed by atoms with van der Waals surface area (Å²) in [6, 6.07) is 0. The number of aliphatic hydroxyl groups is 3. The van der Waals surface area contributed by atoms with Crippen LogP contribution in [0, 0.1) is 0 Å². The Balaban J connectivity index is 1.95. The fourth-order valence-corrected chi connectivity index (χ4v) is 3.47. The molecule has 1 heterocycles. The second kappa shape index (κ2) is 17.5. The summed E-state index contributed by atoms with van der Waals surface area (Å²) in [6.45, 7) is 1.91. The summed E-state index contributed by atoms with van der Waals surface area (Å²) in [4.78, 5) is 11.7. The first-order valence-electron chi connectivity index (χ1n) is 11.7. The Morgan fingerprint density at radius 1 is 1.00 bits per heavy atom. The molecule has 7 heteroatoms. The lowest BCUT2D eigenvalue weighted by atomic mass is 10.1. The van der Waals surface area contributed by atoms with Gasteiger partial charge in [-0.3, -0.25) is 0 Å². The molecule has 0 aromatic carbocycles. The molecule has 0 aliphatic carbocycles. The van der Waals surface area contributed by atoms with E-state index < -0.39 is 37.2 Å². The number of carbonyl (C=O) groups excluding carboxylic acids is 1. The summed E-state index contributed by atoms with van der Waals surface area (Å²) >= 11 is 0. The normalized spacial score (nSPS) is 22.5. The van der Waals surface area contributed by atoms with Gasteiger partial charge in [-0.25, -0.2) is 4.79 Å². The van der Waals surface area contributed by atoms with E-state index in [0.29, 0.717) is 0 Å². The lowest BCUT2D eigenvalue weighted by Gasteiger charge is -2.23. The minimum Gasteiger partial charge on any atom is -0.434 e. The highest BCUT2D eigenvalue weighted by atomic mass is 16.7. The molecule has 1 fully saturated rings. The van der Waals surface area contributed by atoms with Gasteiger partial charge in [0, 0.05) is 0 Å². The molecule has 176 valence electrons. The maximum absolute atomic E-state index is 11.7. The van der Waals surface area contributed by atoms with Crippen LogP contribution >= 0.6 is 0 Å². The topological polar surface area (TPSA) is 105 Å². The molecule has 0 aromatic rings. The molecule has 30 heavy (non-hydrogen) atoms. The van der Waals surface area contributed by atoms with Crippen LogP contribution in [0.25, 0.3) is 0 Å². The highest BCUT2D eigenvalue weighted by Crippen LogP contribution is 2.20. The highest BCUT2D eigenvalue weighted by Gasteiger charge is 2.41. The summed E-state index contributed by atoms with van der Waals surface area (Å²) in [5, 5.41) is 28.6. The third-order valence-corrected chi connectivity index (χ3v) is 5.36. The van der Waals surface area contributed by atoms with Crippen molar-refractivity contribution in [2.45, 2.75) is 108 Å². The largest absolute Gasteiger partial charge is 0.508 e. The van der Waals surface area contributed by atoms with E-state index in [1.165, 1.54) is 44.9 Å². The average Bonchev–Trinajstić information content (AvgIpc) is 3.07. The number of rotatable bonds is 17. The van der Waals surface area contributed by atoms with Crippen LogP contribution in [0.3, 0.4) is 0 Å². The van der Waals surface area contributed by atoms with Gasteiger partial charge in [-0.05, 0) is 32.1 Å². The zero-order valence-corrected chi connectivity index (χ0v) is 18.5. The molecule has 7 nitrogen and oxygen atoms in total. The Morgan fingerprint density at radius 3 is 2.17 bits per heavy atom. The fraction of sp³-hybridized carbons (Fsp3) is 0.870. The van der Waals surface area contributed by atoms with Crippen molar-refractivity contribution in [1.29, 1.82) is 0 Å². The van der Waals surface area contributed by atoms with Gasteiger partial charge in [-0.15, -0.1) is 0 Å². The molecule has 0 unspecified atom stereocenters. The monoisotopic (exact) mass is 430 g/mol. The van der Waals surface area contributed by atoms with Gasteiger partial charge >= 0.3 is 6.16 Å². The Morgan fingerprint density at radius 2 is 1.60 bits per heavy atom. The van der Waals surface area contributed by atoms with Crippen molar-refractivity contribution in [3.05, 3.63) is 12.2 Å². The molecule has 0 bridgehead atoms. The van der Waals surface area contributed by atoms with Crippen molar-refractivity contribution < 1.29 is 34.3 Å². The lowest BCUT2D eigenvalue weighted by Crippen LogP contribution is -2.43. The molecule has 0 radical (unpaired) electrons. The molecule has 1 aliphatic heterocycles. The predicted octanol–water partition coefficient (Wildman–Crippen LogP) is 3.88. The van der Waals surface area contributed by atoms with E-state index in [1.54, 1.807) is 0 Å². The Kier molecular flexibility index (Phi) is 15.7. The smallest absolute Gasteiger partial charge is 0.434 e. The van der Waals surface area contributed by atoms with Gasteiger partial charge in [0.05, 0.1) is 19.8 Å². The average molecular weight is 431 g/mol. The molecule has 1 saturated heterocycles. The van der Waals surface area contributed by atoms with Gasteiger partial charge in [0.1, 0.15) is 18.3 Å². The maximum Gasteiger partial charge on any atom is 0.508 e. The Hall–Kier alpha value is -1.15. The number of unbranched alkanes of at least 4 members (excludes halogenated alkanes) is 10. The van der Waals surface area contributed by atoms with Crippen molar-refractivity contribution in [3.8, 4) is 0 Å². The molecule has 0 amide bonds. The lowest BCUT2D eigenvalue weighted by molar-refractivity contribution is -0.0886. The molecule has 4 atom stereocenters. The minimum atomic E-state index is -1.20. The molecule has 0 saturated carbocycles. The van der Waals surface area contributed by atoms with E-state index in [-0.39, 0.29) is 13.2 Å². The summed E-state index contributed by atoms with van der Waals surface area (Å²) in [7, 11) is 0. The van der Waals surface area contributed by atoms with Crippen molar-refractivity contribution in [1.82, 2.24) is 0 Å². The third kappa shape index (κ3) is 11.9. The van der Waals surface area contributed by atoms with Crippen molar-refractivity contribution in [2.75, 3.05) is 19.8 Å². The van der Waals surface area contributed by atoms with E-state index >= 15 is 0 Å². The molecular weight excluding hydrogens is 388 g/mol. The summed E-state index contributed by atoms with van der Waals surface area (Å²) < 4.78 is 15.2. The quantitative estimate of drug-likeness (QED) is 0.183. The molecule has 1 aliphatic rings. The number of aliphatic hydroxyl groups excluding tert-OH is 3. The van der Waals surface area contributed by atoms with Crippen LogP contribution in [0.1, 0.15) is 84.0 Å². The van der Waals surface area contributed by atoms with Gasteiger partial charge in [0.25, 0.3) is 0 Å². The Labute approximate surface area is 181 Å². The predicted molar refractivity (Wildman–Crippen MR) is 115 cm³/mol. The third-order valence-electron chi connectivity index (χ3n) is 5.36. The zero-order chi connectivity index (χ0) is 22.0. The van der Waals surface area contributed by atoms with Crippen LogP contribution < -0.4 is 0 Å². The zero-order valence-electron chi connectivity index (χ0n) is 18.5. The number of hydrogen-bond donors (Lipinski definition) is 3. The van der Waals surface area contributed by atoms with E-state index in [4.69, 9.17) is 14.2 Å². The molecule has 3 N–H and O–H groups in total. The minimum absolute atomic E-state index is 0.0605. The van der Waals surface area contributed by atoms with Gasteiger partial charge in [0.2, 0.25) is 0 Å². The molecule has 0 spiro atoms. The summed E-state index contributed by atoms with van der Waals surface area (Å²) in [5.41, 5.74) is 0. The Bertz CT molecular complexity index is 455. The van der Waals surface area contributed by atoms with Crippen LogP contribution in [0.4, 0.5) is 4.79 Å². The van der Waals surface area contributed by atoms with Crippen LogP contribution in [0.15, 0.2) is 12.2 Å². The van der Waals surface area contributed by atoms with E-state index in [0.717, 1.165) is 32.1 Å². The van der Waals surface area contributed by atoms with Crippen LogP contribution in [0.5, 0.6) is 0 Å². The van der Waals surface area contributed by atoms with Gasteiger partial charge in [-0.1, -0.05) is 64.0 Å². The second-order valence-corrected chi connectivity index (χ2v) is 8.02. The SMILES string of the molecule is CCCCCCCCC=CCCCCCCOC(=O)O[C@H](CO)[C@H]1OC[C@H](O)[C@H]1O. The number of ether oxygens (including phenoxy) is 3. The first-order valence-corrected chi connectivity index (χ1v) is 11.7. The van der Waals surface area contributed by atoms with Gasteiger partial charge in [0.15, 0.2) is 6.10 Å². The van der Waals surface area contributed by atoms with E-state index in [9.17, 15) is 20.1 Å². The van der Waals surface area contributed by atoms with Crippen LogP contribution in [0.2, 0.25) is 0 Å². The van der Waals surface area contributed by atoms with E-state index in [1.807, 2.05) is 0 Å². The van der Waals surface area contributed by atoms with Crippen molar-refractivity contribution >= 4 is 6.16 Å². The van der Waals surface area contributed by atoms with Crippen LogP contribution in [-0.2, 0) is 14.2 Å². The summed E-state index contributed by atoms with van der Waals surface area (Å²) in [5.74, 6) is 0. The maximum atomic E-state index is 11.7.